The van der Waals surface area contributed by atoms with E-state index in [1.54, 1.807) is 0 Å². The molecule has 0 aliphatic carbocycles. The van der Waals surface area contributed by atoms with Crippen molar-refractivity contribution in [3.8, 4) is 0 Å². The summed E-state index contributed by atoms with van der Waals surface area (Å²) in [6.07, 6.45) is 1.27. The standard InChI is InChI=1S/C13H19N/c1-9(2)11-7-8-14-13-10(3)5-4-6-12(11)13/h4-6,9,11,14H,7-8H2,1-3H3. The molecule has 1 N–H and O–H groups in total. The molecule has 0 aromatic heterocycles. The maximum absolute atomic E-state index is 3.52. The number of anilines is 1. The molecule has 2 rings (SSSR count). The Morgan fingerprint density at radius 1 is 1.36 bits per heavy atom. The Hall–Kier alpha value is -0.980. The molecule has 0 spiro atoms. The summed E-state index contributed by atoms with van der Waals surface area (Å²) in [6.45, 7) is 7.96. The number of fused-ring (bicyclic) bond motifs is 1. The molecule has 0 saturated carbocycles. The van der Waals surface area contributed by atoms with E-state index < -0.39 is 0 Å². The van der Waals surface area contributed by atoms with Crippen molar-refractivity contribution in [2.24, 2.45) is 5.92 Å². The van der Waals surface area contributed by atoms with Gasteiger partial charge in [0.1, 0.15) is 0 Å². The molecule has 14 heavy (non-hydrogen) atoms. The first-order valence-electron chi connectivity index (χ1n) is 5.53. The number of benzene rings is 1. The van der Waals surface area contributed by atoms with Crippen LogP contribution in [0.2, 0.25) is 0 Å². The van der Waals surface area contributed by atoms with Crippen LogP contribution in [0.1, 0.15) is 37.3 Å². The van der Waals surface area contributed by atoms with Gasteiger partial charge in [-0.2, -0.15) is 0 Å². The van der Waals surface area contributed by atoms with Gasteiger partial charge in [-0.1, -0.05) is 32.0 Å². The molecule has 1 heteroatoms. The second-order valence-electron chi connectivity index (χ2n) is 4.61. The van der Waals surface area contributed by atoms with Crippen LogP contribution in [0.4, 0.5) is 5.69 Å². The van der Waals surface area contributed by atoms with Gasteiger partial charge in [-0.3, -0.25) is 0 Å². The third kappa shape index (κ3) is 1.52. The maximum atomic E-state index is 3.52. The average molecular weight is 189 g/mol. The SMILES string of the molecule is Cc1cccc2c1NCCC2C(C)C. The minimum Gasteiger partial charge on any atom is -0.385 e. The number of nitrogens with one attached hydrogen (secondary N) is 1. The third-order valence-electron chi connectivity index (χ3n) is 3.27. The normalized spacial score (nSPS) is 20.4. The highest BCUT2D eigenvalue weighted by atomic mass is 14.9. The fourth-order valence-electron chi connectivity index (χ4n) is 2.44. The first-order chi connectivity index (χ1) is 6.70. The number of aryl methyl sites for hydroxylation is 1. The Labute approximate surface area is 86.5 Å². The molecule has 1 aliphatic rings. The van der Waals surface area contributed by atoms with E-state index >= 15 is 0 Å². The van der Waals surface area contributed by atoms with Crippen LogP contribution < -0.4 is 5.32 Å². The number of rotatable bonds is 1. The lowest BCUT2D eigenvalue weighted by Crippen LogP contribution is -2.20. The van der Waals surface area contributed by atoms with Crippen molar-refractivity contribution < 1.29 is 0 Å². The molecule has 1 aromatic rings. The van der Waals surface area contributed by atoms with E-state index in [0.717, 1.165) is 18.4 Å². The Bertz CT molecular complexity index is 328. The molecule has 0 amide bonds. The summed E-state index contributed by atoms with van der Waals surface area (Å²) < 4.78 is 0. The summed E-state index contributed by atoms with van der Waals surface area (Å²) in [4.78, 5) is 0. The predicted molar refractivity (Wildman–Crippen MR) is 61.9 cm³/mol. The molecule has 1 aromatic carbocycles. The van der Waals surface area contributed by atoms with Crippen molar-refractivity contribution >= 4 is 5.69 Å². The molecule has 76 valence electrons. The third-order valence-corrected chi connectivity index (χ3v) is 3.27. The Morgan fingerprint density at radius 3 is 2.86 bits per heavy atom. The average Bonchev–Trinajstić information content (AvgIpc) is 2.17. The van der Waals surface area contributed by atoms with Crippen molar-refractivity contribution in [3.05, 3.63) is 29.3 Å². The summed E-state index contributed by atoms with van der Waals surface area (Å²) in [5, 5.41) is 3.52. The van der Waals surface area contributed by atoms with Crippen LogP contribution in [0.5, 0.6) is 0 Å². The zero-order chi connectivity index (χ0) is 10.1. The van der Waals surface area contributed by atoms with Crippen LogP contribution in [-0.2, 0) is 0 Å². The van der Waals surface area contributed by atoms with Gasteiger partial charge < -0.3 is 5.32 Å². The Kier molecular flexibility index (Phi) is 2.49. The second-order valence-corrected chi connectivity index (χ2v) is 4.61. The van der Waals surface area contributed by atoms with E-state index in [9.17, 15) is 0 Å². The molecule has 1 nitrogen and oxygen atoms in total. The summed E-state index contributed by atoms with van der Waals surface area (Å²) in [5.41, 5.74) is 4.29. The molecule has 1 unspecified atom stereocenters. The summed E-state index contributed by atoms with van der Waals surface area (Å²) in [5.74, 6) is 1.49. The van der Waals surface area contributed by atoms with Crippen LogP contribution in [0, 0.1) is 12.8 Å². The number of para-hydroxylation sites is 1. The Balaban J connectivity index is 2.44. The van der Waals surface area contributed by atoms with Crippen LogP contribution in [-0.4, -0.2) is 6.54 Å². The minimum atomic E-state index is 0.742. The monoisotopic (exact) mass is 189 g/mol. The smallest absolute Gasteiger partial charge is 0.0405 e. The quantitative estimate of drug-likeness (QED) is 0.712. The van der Waals surface area contributed by atoms with Crippen molar-refractivity contribution in [1.82, 2.24) is 0 Å². The van der Waals surface area contributed by atoms with Crippen molar-refractivity contribution in [3.63, 3.8) is 0 Å². The fraction of sp³-hybridized carbons (Fsp3) is 0.538. The lowest BCUT2D eigenvalue weighted by Gasteiger charge is -2.30. The molecule has 1 atom stereocenters. The number of hydrogen-bond acceptors (Lipinski definition) is 1. The largest absolute Gasteiger partial charge is 0.385 e. The topological polar surface area (TPSA) is 12.0 Å². The first kappa shape index (κ1) is 9.57. The molecular formula is C13H19N. The van der Waals surface area contributed by atoms with E-state index in [1.165, 1.54) is 23.2 Å². The lowest BCUT2D eigenvalue weighted by atomic mass is 9.82. The molecular weight excluding hydrogens is 170 g/mol. The zero-order valence-corrected chi connectivity index (χ0v) is 9.30. The maximum Gasteiger partial charge on any atom is 0.0405 e. The highest BCUT2D eigenvalue weighted by molar-refractivity contribution is 5.60. The second kappa shape index (κ2) is 3.64. The van der Waals surface area contributed by atoms with Gasteiger partial charge in [0.2, 0.25) is 0 Å². The van der Waals surface area contributed by atoms with Crippen LogP contribution in [0.25, 0.3) is 0 Å². The van der Waals surface area contributed by atoms with E-state index in [4.69, 9.17) is 0 Å². The fourth-order valence-corrected chi connectivity index (χ4v) is 2.44. The zero-order valence-electron chi connectivity index (χ0n) is 9.30. The van der Waals surface area contributed by atoms with Gasteiger partial charge in [0, 0.05) is 12.2 Å². The molecule has 0 fully saturated rings. The molecule has 0 saturated heterocycles. The minimum absolute atomic E-state index is 0.742. The van der Waals surface area contributed by atoms with Gasteiger partial charge in [-0.25, -0.2) is 0 Å². The van der Waals surface area contributed by atoms with E-state index in [2.05, 4.69) is 44.3 Å². The molecule has 0 radical (unpaired) electrons. The lowest BCUT2D eigenvalue weighted by molar-refractivity contribution is 0.469. The van der Waals surface area contributed by atoms with Crippen molar-refractivity contribution in [2.45, 2.75) is 33.1 Å². The van der Waals surface area contributed by atoms with Crippen molar-refractivity contribution in [2.75, 3.05) is 11.9 Å². The van der Waals surface area contributed by atoms with Gasteiger partial charge in [-0.15, -0.1) is 0 Å². The van der Waals surface area contributed by atoms with Gasteiger partial charge in [0.05, 0.1) is 0 Å². The van der Waals surface area contributed by atoms with Gasteiger partial charge >= 0.3 is 0 Å². The summed E-state index contributed by atoms with van der Waals surface area (Å²) >= 11 is 0. The predicted octanol–water partition coefficient (Wildman–Crippen LogP) is 3.55. The summed E-state index contributed by atoms with van der Waals surface area (Å²) in [7, 11) is 0. The van der Waals surface area contributed by atoms with E-state index in [-0.39, 0.29) is 0 Å². The summed E-state index contributed by atoms with van der Waals surface area (Å²) in [6, 6.07) is 6.64. The van der Waals surface area contributed by atoms with Crippen molar-refractivity contribution in [1.29, 1.82) is 0 Å². The van der Waals surface area contributed by atoms with Crippen LogP contribution in [0.3, 0.4) is 0 Å². The highest BCUT2D eigenvalue weighted by Crippen LogP contribution is 2.37. The molecule has 1 heterocycles. The van der Waals surface area contributed by atoms with Gasteiger partial charge in [0.25, 0.3) is 0 Å². The highest BCUT2D eigenvalue weighted by Gasteiger charge is 2.22. The van der Waals surface area contributed by atoms with Crippen LogP contribution in [0.15, 0.2) is 18.2 Å². The Morgan fingerprint density at radius 2 is 2.14 bits per heavy atom. The molecule has 0 bridgehead atoms. The van der Waals surface area contributed by atoms with E-state index in [1.807, 2.05) is 0 Å². The van der Waals surface area contributed by atoms with Gasteiger partial charge in [0.15, 0.2) is 0 Å². The number of hydrogen-bond donors (Lipinski definition) is 1. The van der Waals surface area contributed by atoms with E-state index in [0.29, 0.717) is 0 Å². The van der Waals surface area contributed by atoms with Gasteiger partial charge in [-0.05, 0) is 36.3 Å². The first-order valence-corrected chi connectivity index (χ1v) is 5.53. The molecule has 1 aliphatic heterocycles. The van der Waals surface area contributed by atoms with Crippen LogP contribution >= 0.6 is 0 Å².